The van der Waals surface area contributed by atoms with Crippen LogP contribution in [0.3, 0.4) is 0 Å². The van der Waals surface area contributed by atoms with Crippen molar-refractivity contribution in [2.45, 2.75) is 81.1 Å². The fourth-order valence-corrected chi connectivity index (χ4v) is 3.34. The Morgan fingerprint density at radius 2 is 1.76 bits per heavy atom. The fraction of sp³-hybridized carbons (Fsp3) is 0.867. The second-order valence-electron chi connectivity index (χ2n) is 6.96. The van der Waals surface area contributed by atoms with E-state index in [9.17, 15) is 41.0 Å². The number of alkyl halides is 6. The van der Waals surface area contributed by atoms with Crippen LogP contribution in [-0.4, -0.2) is 72.0 Å². The van der Waals surface area contributed by atoms with Gasteiger partial charge in [-0.15, -0.1) is 0 Å². The van der Waals surface area contributed by atoms with Gasteiger partial charge in [-0.1, -0.05) is 0 Å². The molecule has 3 rings (SSSR count). The summed E-state index contributed by atoms with van der Waals surface area (Å²) < 4.78 is 99.3. The minimum Gasteiger partial charge on any atom is -0.454 e. The van der Waals surface area contributed by atoms with E-state index in [1.165, 1.54) is 6.92 Å². The number of aliphatic hydroxyl groups is 1. The number of esters is 2. The van der Waals surface area contributed by atoms with Crippen molar-refractivity contribution >= 4 is 11.9 Å². The quantitative estimate of drug-likeness (QED) is 0.507. The molecule has 0 aromatic rings. The highest BCUT2D eigenvalue weighted by Gasteiger charge is 2.63. The van der Waals surface area contributed by atoms with Crippen molar-refractivity contribution in [3.05, 3.63) is 0 Å². The number of halogens is 6. The molecule has 3 aliphatic rings. The van der Waals surface area contributed by atoms with E-state index in [2.05, 4.69) is 4.74 Å². The summed E-state index contributed by atoms with van der Waals surface area (Å²) in [6, 6.07) is 0. The van der Waals surface area contributed by atoms with Gasteiger partial charge in [-0.25, -0.2) is 4.79 Å². The molecule has 166 valence electrons. The van der Waals surface area contributed by atoms with Gasteiger partial charge in [-0.05, 0) is 13.3 Å². The van der Waals surface area contributed by atoms with Gasteiger partial charge in [0, 0.05) is 12.8 Å². The maximum atomic E-state index is 12.4. The van der Waals surface area contributed by atoms with Gasteiger partial charge < -0.3 is 28.8 Å². The van der Waals surface area contributed by atoms with Crippen molar-refractivity contribution < 1.29 is 64.7 Å². The fourth-order valence-electron chi connectivity index (χ4n) is 3.34. The number of carbonyl (C=O) groups excluding carboxylic acids is 2. The third-order valence-electron chi connectivity index (χ3n) is 4.62. The lowest BCUT2D eigenvalue weighted by molar-refractivity contribution is -0.313. The Morgan fingerprint density at radius 1 is 1.14 bits per heavy atom. The zero-order valence-corrected chi connectivity index (χ0v) is 14.7. The first-order valence-corrected chi connectivity index (χ1v) is 8.44. The van der Waals surface area contributed by atoms with Crippen molar-refractivity contribution in [3.8, 4) is 0 Å². The van der Waals surface area contributed by atoms with Gasteiger partial charge in [0.05, 0.1) is 0 Å². The van der Waals surface area contributed by atoms with E-state index < -0.39 is 73.3 Å². The second-order valence-corrected chi connectivity index (χ2v) is 6.96. The second kappa shape index (κ2) is 7.25. The predicted octanol–water partition coefficient (Wildman–Crippen LogP) is 1.34. The smallest absolute Gasteiger partial charge is 0.434 e. The highest BCUT2D eigenvalue weighted by Crippen LogP contribution is 2.44. The SMILES string of the molecule is CC1(CCCC(=O)OC(C(F)(F)F)C(F)(F)F)OC2OC3C(O)C(=O)OC3C2O1. The van der Waals surface area contributed by atoms with Crippen LogP contribution in [0.15, 0.2) is 0 Å². The largest absolute Gasteiger partial charge is 0.454 e. The molecule has 29 heavy (non-hydrogen) atoms. The maximum absolute atomic E-state index is 12.4. The highest BCUT2D eigenvalue weighted by atomic mass is 19.4. The lowest BCUT2D eigenvalue weighted by Crippen LogP contribution is -2.45. The average Bonchev–Trinajstić information content (AvgIpc) is 3.13. The molecule has 0 saturated carbocycles. The van der Waals surface area contributed by atoms with Crippen LogP contribution in [0.5, 0.6) is 0 Å². The Kier molecular flexibility index (Phi) is 5.51. The predicted molar refractivity (Wildman–Crippen MR) is 74.8 cm³/mol. The van der Waals surface area contributed by atoms with E-state index in [1.54, 1.807) is 0 Å². The summed E-state index contributed by atoms with van der Waals surface area (Å²) in [6.07, 6.45) is -22.1. The van der Waals surface area contributed by atoms with Crippen LogP contribution >= 0.6 is 0 Å². The summed E-state index contributed by atoms with van der Waals surface area (Å²) in [7, 11) is 0. The Morgan fingerprint density at radius 3 is 2.34 bits per heavy atom. The highest BCUT2D eigenvalue weighted by molar-refractivity contribution is 5.78. The van der Waals surface area contributed by atoms with Crippen LogP contribution < -0.4 is 0 Å². The molecule has 3 fully saturated rings. The molecule has 0 spiro atoms. The maximum Gasteiger partial charge on any atom is 0.434 e. The van der Waals surface area contributed by atoms with Gasteiger partial charge in [-0.3, -0.25) is 4.79 Å². The Balaban J connectivity index is 1.49. The Bertz CT molecular complexity index is 652. The molecule has 0 radical (unpaired) electrons. The molecule has 6 atom stereocenters. The number of aliphatic hydroxyl groups excluding tert-OH is 1. The van der Waals surface area contributed by atoms with Gasteiger partial charge in [0.15, 0.2) is 30.4 Å². The summed E-state index contributed by atoms with van der Waals surface area (Å²) in [5.41, 5.74) is 0. The molecule has 14 heteroatoms. The van der Waals surface area contributed by atoms with E-state index in [1.807, 2.05) is 0 Å². The minimum atomic E-state index is -5.79. The van der Waals surface area contributed by atoms with Crippen LogP contribution in [0.4, 0.5) is 26.3 Å². The lowest BCUT2D eigenvalue weighted by atomic mass is 10.1. The molecule has 8 nitrogen and oxygen atoms in total. The molecule has 0 bridgehead atoms. The lowest BCUT2D eigenvalue weighted by Gasteiger charge is -2.26. The molecule has 0 aromatic heterocycles. The zero-order valence-electron chi connectivity index (χ0n) is 14.7. The minimum absolute atomic E-state index is 0.102. The number of carbonyl (C=O) groups is 2. The van der Waals surface area contributed by atoms with Crippen molar-refractivity contribution in [2.75, 3.05) is 0 Å². The van der Waals surface area contributed by atoms with E-state index >= 15 is 0 Å². The molecule has 6 unspecified atom stereocenters. The summed E-state index contributed by atoms with van der Waals surface area (Å²) in [6.45, 7) is 1.41. The van der Waals surface area contributed by atoms with Crippen LogP contribution in [-0.2, 0) is 33.3 Å². The first-order chi connectivity index (χ1) is 13.2. The number of rotatable bonds is 5. The van der Waals surface area contributed by atoms with E-state index in [-0.39, 0.29) is 12.8 Å². The molecular formula is C15H16F6O8. The number of hydrogen-bond donors (Lipinski definition) is 1. The van der Waals surface area contributed by atoms with E-state index in [4.69, 9.17) is 18.9 Å². The van der Waals surface area contributed by atoms with Crippen LogP contribution in [0, 0.1) is 0 Å². The Hall–Kier alpha value is -1.64. The van der Waals surface area contributed by atoms with Crippen molar-refractivity contribution in [1.82, 2.24) is 0 Å². The molecule has 0 amide bonds. The number of fused-ring (bicyclic) bond motifs is 3. The molecule has 3 aliphatic heterocycles. The zero-order chi connectivity index (χ0) is 21.8. The van der Waals surface area contributed by atoms with Crippen LogP contribution in [0.1, 0.15) is 26.2 Å². The normalized spacial score (nSPS) is 36.9. The van der Waals surface area contributed by atoms with E-state index in [0.717, 1.165) is 0 Å². The van der Waals surface area contributed by atoms with Gasteiger partial charge in [0.1, 0.15) is 6.10 Å². The standard InChI is InChI=1S/C15H16F6O8/c1-13(4-2-3-5(22)25-12(14(16,17)18)15(19,20)21)28-9-8-7(27-11(9)29-13)6(23)10(24)26-8/h6-9,11-12,23H,2-4H2,1H3. The first-order valence-electron chi connectivity index (χ1n) is 8.44. The van der Waals surface area contributed by atoms with Crippen molar-refractivity contribution in [2.24, 2.45) is 0 Å². The van der Waals surface area contributed by atoms with Gasteiger partial charge in [0.25, 0.3) is 6.10 Å². The molecule has 3 saturated heterocycles. The monoisotopic (exact) mass is 438 g/mol. The summed E-state index contributed by atoms with van der Waals surface area (Å²) in [5, 5.41) is 9.62. The van der Waals surface area contributed by atoms with Crippen molar-refractivity contribution in [1.29, 1.82) is 0 Å². The summed E-state index contributed by atoms with van der Waals surface area (Å²) in [4.78, 5) is 22.8. The van der Waals surface area contributed by atoms with Gasteiger partial charge in [-0.2, -0.15) is 26.3 Å². The molecule has 0 aromatic carbocycles. The molecule has 0 aliphatic carbocycles. The average molecular weight is 438 g/mol. The summed E-state index contributed by atoms with van der Waals surface area (Å²) in [5.74, 6) is -3.97. The third kappa shape index (κ3) is 4.44. The number of ether oxygens (including phenoxy) is 5. The first kappa shape index (κ1) is 22.1. The van der Waals surface area contributed by atoms with Crippen LogP contribution in [0.25, 0.3) is 0 Å². The topological polar surface area (TPSA) is 101 Å². The van der Waals surface area contributed by atoms with E-state index in [0.29, 0.717) is 0 Å². The third-order valence-corrected chi connectivity index (χ3v) is 4.62. The molecule has 1 N–H and O–H groups in total. The van der Waals surface area contributed by atoms with Crippen molar-refractivity contribution in [3.63, 3.8) is 0 Å². The Labute approximate surface area is 159 Å². The van der Waals surface area contributed by atoms with Gasteiger partial charge in [0.2, 0.25) is 0 Å². The summed E-state index contributed by atoms with van der Waals surface area (Å²) >= 11 is 0. The van der Waals surface area contributed by atoms with Gasteiger partial charge >= 0.3 is 24.3 Å². The molecular weight excluding hydrogens is 422 g/mol. The number of hydrogen-bond acceptors (Lipinski definition) is 8. The molecule has 3 heterocycles. The van der Waals surface area contributed by atoms with Crippen LogP contribution in [0.2, 0.25) is 0 Å².